The summed E-state index contributed by atoms with van der Waals surface area (Å²) < 4.78 is 6.38. The number of hydrogen-bond acceptors (Lipinski definition) is 3. The molecule has 1 aromatic carbocycles. The highest BCUT2D eigenvalue weighted by atomic mass is 79.9. The molecule has 4 nitrogen and oxygen atoms in total. The molecule has 1 amide bonds. The van der Waals surface area contributed by atoms with Gasteiger partial charge in [0.05, 0.1) is 17.9 Å². The molecule has 3 atom stereocenters. The number of benzene rings is 1. The minimum absolute atomic E-state index is 0.122. The lowest BCUT2D eigenvalue weighted by molar-refractivity contribution is -0.157. The van der Waals surface area contributed by atoms with Crippen molar-refractivity contribution < 1.29 is 14.3 Å². The van der Waals surface area contributed by atoms with E-state index in [1.165, 1.54) is 0 Å². The Labute approximate surface area is 145 Å². The van der Waals surface area contributed by atoms with Gasteiger partial charge in [-0.2, -0.15) is 0 Å². The van der Waals surface area contributed by atoms with Crippen molar-refractivity contribution in [2.45, 2.75) is 39.2 Å². The highest BCUT2D eigenvalue weighted by molar-refractivity contribution is 9.10. The lowest BCUT2D eigenvalue weighted by Crippen LogP contribution is -2.36. The van der Waals surface area contributed by atoms with Gasteiger partial charge < -0.3 is 10.1 Å². The topological polar surface area (TPSA) is 55.4 Å². The Hall–Kier alpha value is -1.62. The summed E-state index contributed by atoms with van der Waals surface area (Å²) in [5.74, 6) is -1.22. The third-order valence-corrected chi connectivity index (χ3v) is 4.60. The number of carbonyl (C=O) groups excluding carboxylic acids is 2. The summed E-state index contributed by atoms with van der Waals surface area (Å²) in [4.78, 5) is 24.9. The van der Waals surface area contributed by atoms with E-state index in [4.69, 9.17) is 4.74 Å². The van der Waals surface area contributed by atoms with E-state index in [2.05, 4.69) is 21.2 Å². The van der Waals surface area contributed by atoms with E-state index in [0.29, 0.717) is 12.8 Å². The van der Waals surface area contributed by atoms with Crippen LogP contribution in [0.2, 0.25) is 0 Å². The van der Waals surface area contributed by atoms with E-state index in [-0.39, 0.29) is 23.9 Å². The fourth-order valence-corrected chi connectivity index (χ4v) is 2.77. The van der Waals surface area contributed by atoms with Crippen LogP contribution in [0.1, 0.15) is 33.1 Å². The van der Waals surface area contributed by atoms with E-state index in [0.717, 1.165) is 16.6 Å². The molecule has 1 N–H and O–H groups in total. The Morgan fingerprint density at radius 3 is 2.43 bits per heavy atom. The summed E-state index contributed by atoms with van der Waals surface area (Å²) in [6, 6.07) is 7.39. The second-order valence-corrected chi connectivity index (χ2v) is 6.72. The van der Waals surface area contributed by atoms with Crippen molar-refractivity contribution in [3.8, 4) is 0 Å². The van der Waals surface area contributed by atoms with Crippen LogP contribution < -0.4 is 5.32 Å². The first-order chi connectivity index (χ1) is 11.0. The maximum absolute atomic E-state index is 12.6. The van der Waals surface area contributed by atoms with Crippen LogP contribution in [-0.4, -0.2) is 18.0 Å². The summed E-state index contributed by atoms with van der Waals surface area (Å²) in [6.07, 6.45) is 5.66. The van der Waals surface area contributed by atoms with Crippen molar-refractivity contribution in [1.29, 1.82) is 0 Å². The highest BCUT2D eigenvalue weighted by Gasteiger charge is 2.35. The van der Waals surface area contributed by atoms with Gasteiger partial charge in [0.15, 0.2) is 0 Å². The van der Waals surface area contributed by atoms with Gasteiger partial charge in [0.1, 0.15) is 0 Å². The third kappa shape index (κ3) is 4.93. The number of nitrogens with one attached hydrogen (secondary N) is 1. The quantitative estimate of drug-likeness (QED) is 0.612. The van der Waals surface area contributed by atoms with E-state index in [1.807, 2.05) is 50.3 Å². The first-order valence-corrected chi connectivity index (χ1v) is 8.72. The molecule has 5 heteroatoms. The Morgan fingerprint density at radius 2 is 1.83 bits per heavy atom. The monoisotopic (exact) mass is 379 g/mol. The summed E-state index contributed by atoms with van der Waals surface area (Å²) in [6.45, 7) is 3.84. The first kappa shape index (κ1) is 17.7. The number of halogens is 1. The molecule has 0 fully saturated rings. The molecule has 0 unspecified atom stereocenters. The molecule has 1 aliphatic carbocycles. The van der Waals surface area contributed by atoms with Crippen LogP contribution in [0.25, 0.3) is 0 Å². The average Bonchev–Trinajstić information content (AvgIpc) is 2.56. The summed E-state index contributed by atoms with van der Waals surface area (Å²) in [5.41, 5.74) is 0.724. The predicted molar refractivity (Wildman–Crippen MR) is 94.0 cm³/mol. The number of rotatable bonds is 5. The summed E-state index contributed by atoms with van der Waals surface area (Å²) in [7, 11) is 0. The second-order valence-electron chi connectivity index (χ2n) is 5.81. The second kappa shape index (κ2) is 8.29. The molecule has 23 heavy (non-hydrogen) atoms. The molecular formula is C18H22BrNO3. The largest absolute Gasteiger partial charge is 0.462 e. The lowest BCUT2D eigenvalue weighted by Gasteiger charge is -2.27. The van der Waals surface area contributed by atoms with Crippen molar-refractivity contribution in [3.63, 3.8) is 0 Å². The average molecular weight is 380 g/mol. The van der Waals surface area contributed by atoms with E-state index >= 15 is 0 Å². The van der Waals surface area contributed by atoms with Gasteiger partial charge in [-0.05, 0) is 50.5 Å². The minimum Gasteiger partial charge on any atom is -0.462 e. The van der Waals surface area contributed by atoms with Gasteiger partial charge in [-0.1, -0.05) is 35.0 Å². The molecule has 0 spiro atoms. The smallest absolute Gasteiger partial charge is 0.310 e. The molecule has 124 valence electrons. The fraction of sp³-hybridized carbons (Fsp3) is 0.444. The van der Waals surface area contributed by atoms with Gasteiger partial charge in [0, 0.05) is 10.2 Å². The van der Waals surface area contributed by atoms with Crippen molar-refractivity contribution in [2.24, 2.45) is 11.8 Å². The van der Waals surface area contributed by atoms with E-state index < -0.39 is 5.92 Å². The van der Waals surface area contributed by atoms with Crippen LogP contribution in [0.4, 0.5) is 5.69 Å². The maximum atomic E-state index is 12.6. The normalized spacial score (nSPS) is 21.5. The number of ether oxygens (including phenoxy) is 1. The van der Waals surface area contributed by atoms with Gasteiger partial charge >= 0.3 is 5.97 Å². The molecule has 0 aliphatic heterocycles. The predicted octanol–water partition coefficient (Wildman–Crippen LogP) is 4.31. The third-order valence-electron chi connectivity index (χ3n) is 4.08. The summed E-state index contributed by atoms with van der Waals surface area (Å²) >= 11 is 3.36. The Kier molecular flexibility index (Phi) is 6.39. The van der Waals surface area contributed by atoms with Crippen LogP contribution in [-0.2, 0) is 14.3 Å². The van der Waals surface area contributed by atoms with Crippen LogP contribution in [0.15, 0.2) is 40.9 Å². The fourth-order valence-electron chi connectivity index (χ4n) is 2.50. The van der Waals surface area contributed by atoms with Gasteiger partial charge in [-0.15, -0.1) is 0 Å². The number of anilines is 1. The molecule has 0 bridgehead atoms. The van der Waals surface area contributed by atoms with Crippen molar-refractivity contribution >= 4 is 33.5 Å². The molecule has 2 rings (SSSR count). The van der Waals surface area contributed by atoms with Gasteiger partial charge in [-0.3, -0.25) is 9.59 Å². The van der Waals surface area contributed by atoms with Gasteiger partial charge in [0.2, 0.25) is 5.91 Å². The summed E-state index contributed by atoms with van der Waals surface area (Å²) in [5, 5.41) is 2.89. The van der Waals surface area contributed by atoms with E-state index in [1.54, 1.807) is 0 Å². The van der Waals surface area contributed by atoms with Crippen molar-refractivity contribution in [2.75, 3.05) is 5.32 Å². The molecule has 0 aromatic heterocycles. The van der Waals surface area contributed by atoms with Gasteiger partial charge in [-0.25, -0.2) is 0 Å². The van der Waals surface area contributed by atoms with Crippen molar-refractivity contribution in [3.05, 3.63) is 40.9 Å². The Morgan fingerprint density at radius 1 is 1.22 bits per heavy atom. The van der Waals surface area contributed by atoms with Crippen LogP contribution in [0.3, 0.4) is 0 Å². The molecule has 0 saturated heterocycles. The zero-order valence-corrected chi connectivity index (χ0v) is 15.0. The molecule has 0 heterocycles. The van der Waals surface area contributed by atoms with E-state index in [9.17, 15) is 9.59 Å². The number of allylic oxidation sites excluding steroid dienone is 2. The molecule has 1 aliphatic rings. The van der Waals surface area contributed by atoms with Crippen molar-refractivity contribution in [1.82, 2.24) is 0 Å². The lowest BCUT2D eigenvalue weighted by atomic mass is 9.82. The van der Waals surface area contributed by atoms with Crippen LogP contribution in [0.5, 0.6) is 0 Å². The highest BCUT2D eigenvalue weighted by Crippen LogP contribution is 2.29. The number of esters is 1. The SMILES string of the molecule is CC[C@H](C)OC(=O)[C@H]1CC=CC[C@@H]1C(=O)Nc1ccc(Br)cc1. The van der Waals surface area contributed by atoms with Crippen LogP contribution >= 0.6 is 15.9 Å². The molecule has 0 radical (unpaired) electrons. The minimum atomic E-state index is -0.413. The Bertz CT molecular complexity index is 582. The standard InChI is InChI=1S/C18H22BrNO3/c1-3-12(2)23-18(22)16-7-5-4-6-15(16)17(21)20-14-10-8-13(19)9-11-14/h4-5,8-12,15-16H,3,6-7H2,1-2H3,(H,20,21)/t12-,15-,16-/m0/s1. The number of hydrogen-bond donors (Lipinski definition) is 1. The first-order valence-electron chi connectivity index (χ1n) is 7.93. The number of amides is 1. The maximum Gasteiger partial charge on any atom is 0.310 e. The zero-order chi connectivity index (χ0) is 16.8. The zero-order valence-electron chi connectivity index (χ0n) is 13.4. The number of carbonyl (C=O) groups is 2. The Balaban J connectivity index is 2.05. The van der Waals surface area contributed by atoms with Crippen LogP contribution in [0, 0.1) is 11.8 Å². The molecular weight excluding hydrogens is 358 g/mol. The molecule has 1 aromatic rings. The van der Waals surface area contributed by atoms with Gasteiger partial charge in [0.25, 0.3) is 0 Å². The molecule has 0 saturated carbocycles.